The molecule has 1 aromatic heterocycles. The predicted molar refractivity (Wildman–Crippen MR) is 85.7 cm³/mol. The molecule has 2 aliphatic rings. The molecule has 3 rings (SSSR count). The van der Waals surface area contributed by atoms with E-state index in [2.05, 4.69) is 51.4 Å². The Bertz CT molecular complexity index is 449. The van der Waals surface area contributed by atoms with Gasteiger partial charge in [-0.15, -0.1) is 11.3 Å². The van der Waals surface area contributed by atoms with Gasteiger partial charge in [0, 0.05) is 40.1 Å². The van der Waals surface area contributed by atoms with E-state index in [0.29, 0.717) is 5.54 Å². The fraction of sp³-hybridized carbons (Fsp3) is 0.733. The molecule has 0 aromatic carbocycles. The number of hydrogen-bond donors (Lipinski definition) is 1. The highest BCUT2D eigenvalue weighted by atomic mass is 79.9. The first-order valence-electron chi connectivity index (χ1n) is 7.23. The molecule has 1 aliphatic carbocycles. The van der Waals surface area contributed by atoms with Crippen molar-refractivity contribution >= 4 is 27.3 Å². The van der Waals surface area contributed by atoms with Gasteiger partial charge in [0.25, 0.3) is 0 Å². The molecule has 4 heteroatoms. The van der Waals surface area contributed by atoms with E-state index in [1.807, 2.05) is 11.3 Å². The number of nitrogens with zero attached hydrogens (tertiary/aromatic N) is 1. The zero-order valence-electron chi connectivity index (χ0n) is 11.8. The van der Waals surface area contributed by atoms with Gasteiger partial charge in [0.1, 0.15) is 0 Å². The fourth-order valence-electron chi connectivity index (χ4n) is 3.58. The first-order valence-corrected chi connectivity index (χ1v) is 8.90. The van der Waals surface area contributed by atoms with Crippen LogP contribution in [-0.2, 0) is 6.54 Å². The Morgan fingerprint density at radius 3 is 2.74 bits per heavy atom. The van der Waals surface area contributed by atoms with Crippen LogP contribution in [0.5, 0.6) is 0 Å². The van der Waals surface area contributed by atoms with Gasteiger partial charge in [-0.3, -0.25) is 4.90 Å². The van der Waals surface area contributed by atoms with E-state index in [1.54, 1.807) is 0 Å². The van der Waals surface area contributed by atoms with E-state index in [4.69, 9.17) is 0 Å². The Kier molecular flexibility index (Phi) is 3.80. The van der Waals surface area contributed by atoms with Gasteiger partial charge < -0.3 is 5.32 Å². The Morgan fingerprint density at radius 1 is 1.37 bits per heavy atom. The van der Waals surface area contributed by atoms with Crippen LogP contribution in [0.4, 0.5) is 0 Å². The number of thiophene rings is 1. The lowest BCUT2D eigenvalue weighted by molar-refractivity contribution is 0.0128. The highest BCUT2D eigenvalue weighted by molar-refractivity contribution is 9.10. The van der Waals surface area contributed by atoms with Gasteiger partial charge in [-0.25, -0.2) is 0 Å². The van der Waals surface area contributed by atoms with Gasteiger partial charge in [0.2, 0.25) is 0 Å². The molecular weight excluding hydrogens is 320 g/mol. The van der Waals surface area contributed by atoms with Gasteiger partial charge in [-0.2, -0.15) is 0 Å². The molecule has 1 spiro atoms. The van der Waals surface area contributed by atoms with Crippen LogP contribution in [0.1, 0.15) is 44.4 Å². The Hall–Kier alpha value is 0.1000. The van der Waals surface area contributed by atoms with Crippen molar-refractivity contribution in [2.75, 3.05) is 13.1 Å². The normalized spacial score (nSPS) is 26.1. The summed E-state index contributed by atoms with van der Waals surface area (Å²) in [5.74, 6) is 0. The van der Waals surface area contributed by atoms with Crippen molar-refractivity contribution in [3.05, 3.63) is 20.8 Å². The van der Waals surface area contributed by atoms with E-state index < -0.39 is 0 Å². The van der Waals surface area contributed by atoms with Crippen molar-refractivity contribution in [1.29, 1.82) is 0 Å². The van der Waals surface area contributed by atoms with Crippen molar-refractivity contribution in [2.24, 2.45) is 0 Å². The summed E-state index contributed by atoms with van der Waals surface area (Å²) < 4.78 is 1.28. The molecule has 1 saturated heterocycles. The largest absolute Gasteiger partial charge is 0.309 e. The Labute approximate surface area is 128 Å². The zero-order chi connectivity index (χ0) is 13.5. The lowest BCUT2D eigenvalue weighted by Crippen LogP contribution is -2.66. The fourth-order valence-corrected chi connectivity index (χ4v) is 5.07. The summed E-state index contributed by atoms with van der Waals surface area (Å²) in [4.78, 5) is 4.23. The number of rotatable bonds is 2. The number of hydrogen-bond acceptors (Lipinski definition) is 3. The lowest BCUT2D eigenvalue weighted by atomic mass is 9.87. The monoisotopic (exact) mass is 342 g/mol. The summed E-state index contributed by atoms with van der Waals surface area (Å²) in [6.07, 6.45) is 5.51. The molecule has 106 valence electrons. The van der Waals surface area contributed by atoms with Crippen LogP contribution in [0.15, 0.2) is 15.9 Å². The molecule has 19 heavy (non-hydrogen) atoms. The second-order valence-corrected chi connectivity index (χ2v) is 8.57. The van der Waals surface area contributed by atoms with Crippen LogP contribution in [0.25, 0.3) is 0 Å². The topological polar surface area (TPSA) is 15.3 Å². The minimum atomic E-state index is 0.234. The molecule has 0 bridgehead atoms. The van der Waals surface area contributed by atoms with Crippen LogP contribution in [0, 0.1) is 0 Å². The standard InChI is InChI=1S/C15H23BrN2S/c1-14(2)11-18(9-13-12(16)5-8-19-13)15(10-17-14)6-3-4-7-15/h5,8,17H,3-4,6-7,9-11H2,1-2H3. The van der Waals surface area contributed by atoms with E-state index in [9.17, 15) is 0 Å². The van der Waals surface area contributed by atoms with Gasteiger partial charge in [0.05, 0.1) is 0 Å². The molecule has 0 unspecified atom stereocenters. The average Bonchev–Trinajstić information content (AvgIpc) is 2.96. The Balaban J connectivity index is 1.83. The molecule has 0 radical (unpaired) electrons. The van der Waals surface area contributed by atoms with E-state index in [0.717, 1.165) is 19.6 Å². The molecule has 0 amide bonds. The molecule has 1 saturated carbocycles. The van der Waals surface area contributed by atoms with Crippen molar-refractivity contribution in [3.63, 3.8) is 0 Å². The molecule has 2 heterocycles. The van der Waals surface area contributed by atoms with E-state index in [-0.39, 0.29) is 5.54 Å². The maximum Gasteiger partial charge on any atom is 0.0346 e. The second kappa shape index (κ2) is 5.14. The number of halogens is 1. The predicted octanol–water partition coefficient (Wildman–Crippen LogP) is 4.01. The Morgan fingerprint density at radius 2 is 2.11 bits per heavy atom. The third-order valence-corrected chi connectivity index (χ3v) is 6.62. The molecule has 1 aromatic rings. The first-order chi connectivity index (χ1) is 9.01. The summed E-state index contributed by atoms with van der Waals surface area (Å²) in [6.45, 7) is 8.06. The van der Waals surface area contributed by atoms with Crippen LogP contribution in [0.2, 0.25) is 0 Å². The third kappa shape index (κ3) is 2.78. The van der Waals surface area contributed by atoms with E-state index >= 15 is 0 Å². The van der Waals surface area contributed by atoms with Crippen LogP contribution >= 0.6 is 27.3 Å². The van der Waals surface area contributed by atoms with Crippen LogP contribution < -0.4 is 5.32 Å². The minimum absolute atomic E-state index is 0.234. The van der Waals surface area contributed by atoms with Gasteiger partial charge in [0.15, 0.2) is 0 Å². The highest BCUT2D eigenvalue weighted by Gasteiger charge is 2.45. The maximum absolute atomic E-state index is 3.77. The molecular formula is C15H23BrN2S. The highest BCUT2D eigenvalue weighted by Crippen LogP contribution is 2.40. The molecule has 2 fully saturated rings. The quantitative estimate of drug-likeness (QED) is 0.873. The SMILES string of the molecule is CC1(C)CN(Cc2sccc2Br)C2(CCCC2)CN1. The lowest BCUT2D eigenvalue weighted by Gasteiger charge is -2.51. The van der Waals surface area contributed by atoms with Gasteiger partial charge >= 0.3 is 0 Å². The summed E-state index contributed by atoms with van der Waals surface area (Å²) >= 11 is 5.56. The average molecular weight is 343 g/mol. The van der Waals surface area contributed by atoms with Crippen molar-refractivity contribution in [1.82, 2.24) is 10.2 Å². The van der Waals surface area contributed by atoms with Crippen LogP contribution in [-0.4, -0.2) is 29.1 Å². The molecule has 0 atom stereocenters. The van der Waals surface area contributed by atoms with E-state index in [1.165, 1.54) is 35.0 Å². The van der Waals surface area contributed by atoms with Gasteiger partial charge in [-0.1, -0.05) is 12.8 Å². The van der Waals surface area contributed by atoms with Crippen LogP contribution in [0.3, 0.4) is 0 Å². The second-order valence-electron chi connectivity index (χ2n) is 6.72. The molecule has 2 nitrogen and oxygen atoms in total. The number of nitrogens with one attached hydrogen (secondary N) is 1. The number of piperazine rings is 1. The summed E-state index contributed by atoms with van der Waals surface area (Å²) in [6, 6.07) is 2.18. The molecule has 1 aliphatic heterocycles. The summed E-state index contributed by atoms with van der Waals surface area (Å²) in [5.41, 5.74) is 0.649. The third-order valence-electron chi connectivity index (χ3n) is 4.71. The maximum atomic E-state index is 3.77. The minimum Gasteiger partial charge on any atom is -0.309 e. The van der Waals surface area contributed by atoms with Crippen molar-refractivity contribution < 1.29 is 0 Å². The molecule has 1 N–H and O–H groups in total. The first kappa shape index (κ1) is 14.1. The summed E-state index contributed by atoms with van der Waals surface area (Å²) in [5, 5.41) is 5.95. The smallest absolute Gasteiger partial charge is 0.0346 e. The van der Waals surface area contributed by atoms with Crippen molar-refractivity contribution in [2.45, 2.75) is 57.2 Å². The van der Waals surface area contributed by atoms with Crippen molar-refractivity contribution in [3.8, 4) is 0 Å². The van der Waals surface area contributed by atoms with Gasteiger partial charge in [-0.05, 0) is 54.1 Å². The zero-order valence-corrected chi connectivity index (χ0v) is 14.2. The summed E-state index contributed by atoms with van der Waals surface area (Å²) in [7, 11) is 0.